The molecule has 4 aromatic carbocycles. The van der Waals surface area contributed by atoms with Crippen molar-refractivity contribution in [1.82, 2.24) is 9.97 Å². The summed E-state index contributed by atoms with van der Waals surface area (Å²) in [6, 6.07) is 39.5. The number of anilines is 4. The van der Waals surface area contributed by atoms with Gasteiger partial charge in [0.1, 0.15) is 23.3 Å². The largest absolute Gasteiger partial charge is 0.380 e. The van der Waals surface area contributed by atoms with Crippen LogP contribution in [0.1, 0.15) is 41.4 Å². The van der Waals surface area contributed by atoms with Gasteiger partial charge < -0.3 is 30.7 Å². The van der Waals surface area contributed by atoms with Crippen LogP contribution in [-0.4, -0.2) is 83.0 Å². The molecule has 0 saturated carbocycles. The van der Waals surface area contributed by atoms with Crippen molar-refractivity contribution < 1.29 is 28.7 Å². The second-order valence-corrected chi connectivity index (χ2v) is 17.8. The Bertz CT molecular complexity index is 2190. The molecule has 0 fully saturated rings. The number of pyridine rings is 2. The highest BCUT2D eigenvalue weighted by Crippen LogP contribution is 2.28. The van der Waals surface area contributed by atoms with E-state index >= 15 is 0 Å². The number of nitrogens with zero attached hydrogens (tertiary/aromatic N) is 2. The molecule has 4 bridgehead atoms. The van der Waals surface area contributed by atoms with Gasteiger partial charge in [-0.05, 0) is 72.8 Å². The zero-order valence-electron chi connectivity index (χ0n) is 33.3. The second-order valence-electron chi connectivity index (χ2n) is 13.2. The van der Waals surface area contributed by atoms with E-state index in [0.29, 0.717) is 95.0 Å². The minimum Gasteiger partial charge on any atom is -0.380 e. The summed E-state index contributed by atoms with van der Waals surface area (Å²) in [7, 11) is 0. The van der Waals surface area contributed by atoms with Crippen LogP contribution in [0.4, 0.5) is 23.3 Å². The molecule has 0 unspecified atom stereocenters. The van der Waals surface area contributed by atoms with Crippen molar-refractivity contribution in [3.8, 4) is 0 Å². The fourth-order valence-corrected chi connectivity index (χ4v) is 9.70. The Balaban J connectivity index is 1.04. The third-order valence-corrected chi connectivity index (χ3v) is 13.1. The van der Waals surface area contributed by atoms with Gasteiger partial charge in [0, 0.05) is 42.6 Å². The summed E-state index contributed by atoms with van der Waals surface area (Å²) in [6.45, 7) is 1.80. The van der Waals surface area contributed by atoms with Gasteiger partial charge >= 0.3 is 0 Å². The molecule has 4 N–H and O–H groups in total. The van der Waals surface area contributed by atoms with Crippen molar-refractivity contribution in [2.45, 2.75) is 19.6 Å². The van der Waals surface area contributed by atoms with Crippen molar-refractivity contribution in [1.29, 1.82) is 0 Å². The molecule has 12 nitrogen and oxygen atoms in total. The third-order valence-electron chi connectivity index (χ3n) is 8.93. The van der Waals surface area contributed by atoms with Gasteiger partial charge in [0.15, 0.2) is 0 Å². The van der Waals surface area contributed by atoms with Crippen LogP contribution >= 0.6 is 47.0 Å². The van der Waals surface area contributed by atoms with Gasteiger partial charge in [0.25, 0.3) is 23.6 Å². The fraction of sp³-hybridized carbons (Fsp3) is 0.174. The normalized spacial score (nSPS) is 15.5. The van der Waals surface area contributed by atoms with Crippen molar-refractivity contribution in [2.75, 3.05) is 70.7 Å². The number of benzene rings is 4. The van der Waals surface area contributed by atoms with E-state index in [1.807, 2.05) is 72.8 Å². The van der Waals surface area contributed by atoms with E-state index in [2.05, 4.69) is 31.2 Å². The lowest BCUT2D eigenvalue weighted by Gasteiger charge is -2.13. The van der Waals surface area contributed by atoms with E-state index in [4.69, 9.17) is 9.47 Å². The predicted molar refractivity (Wildman–Crippen MR) is 251 cm³/mol. The van der Waals surface area contributed by atoms with Crippen LogP contribution in [-0.2, 0) is 9.47 Å². The van der Waals surface area contributed by atoms with E-state index in [1.165, 1.54) is 47.0 Å². The number of fused-ring (bicyclic) bond motifs is 8. The first kappa shape index (κ1) is 44.4. The lowest BCUT2D eigenvalue weighted by atomic mass is 10.2. The molecule has 16 heteroatoms. The quantitative estimate of drug-likeness (QED) is 0.115. The smallest absolute Gasteiger partial charge is 0.257 e. The molecule has 0 atom stereocenters. The topological polar surface area (TPSA) is 161 Å². The molecule has 1 aliphatic rings. The van der Waals surface area contributed by atoms with Crippen LogP contribution in [0.2, 0.25) is 0 Å². The maximum Gasteiger partial charge on any atom is 0.257 e. The SMILES string of the molecule is O=C1Nc2cccc(n2)NC(=O)c2ccccc2SCCOCCSc2ccccc2C(=O)Nc2cccc(n2)NC(=O)c2ccccc2SCCOCCSc2ccccc21. The number of hydrogen-bond acceptors (Lipinski definition) is 12. The zero-order chi connectivity index (χ0) is 42.9. The summed E-state index contributed by atoms with van der Waals surface area (Å²) >= 11 is 6.04. The van der Waals surface area contributed by atoms with Gasteiger partial charge in [-0.15, -0.1) is 47.0 Å². The molecule has 0 radical (unpaired) electrons. The maximum absolute atomic E-state index is 13.5. The number of nitrogens with one attached hydrogen (secondary N) is 4. The molecular formula is C46H42N6O6S4. The number of carbonyl (C=O) groups excluding carboxylic acids is 4. The molecule has 4 amide bonds. The predicted octanol–water partition coefficient (Wildman–Crippen LogP) is 9.60. The molecule has 62 heavy (non-hydrogen) atoms. The third kappa shape index (κ3) is 12.7. The highest BCUT2D eigenvalue weighted by Gasteiger charge is 2.18. The number of aromatic nitrogens is 2. The highest BCUT2D eigenvalue weighted by atomic mass is 32.2. The van der Waals surface area contributed by atoms with E-state index in [0.717, 1.165) is 19.6 Å². The Morgan fingerprint density at radius 3 is 0.839 bits per heavy atom. The van der Waals surface area contributed by atoms with E-state index in [9.17, 15) is 19.2 Å². The maximum atomic E-state index is 13.5. The van der Waals surface area contributed by atoms with Gasteiger partial charge in [-0.1, -0.05) is 60.7 Å². The molecule has 6 aromatic rings. The number of hydrogen-bond donors (Lipinski definition) is 4. The Morgan fingerprint density at radius 1 is 0.339 bits per heavy atom. The minimum atomic E-state index is -0.324. The first-order valence-corrected chi connectivity index (χ1v) is 23.6. The standard InChI is InChI=1S/C46H42N6O6S4/c53-43-31-11-1-5-15-35(31)59-27-23-57-24-28-60-37-17-7-3-13-33(37)45(55)51-41-21-10-22-42(48-41)52-46(56)34-14-4-8-18-38(34)62-30-26-58-25-29-61-36-16-6-2-12-32(36)44(54)50-40-20-9-19-39(47-40)49-43/h1-22H,23-30H2,(H2,47,49,50,53,54)(H2,48,51,52,55,56). The first-order valence-electron chi connectivity index (χ1n) is 19.6. The van der Waals surface area contributed by atoms with Gasteiger partial charge in [-0.2, -0.15) is 0 Å². The Kier molecular flexibility index (Phi) is 16.5. The van der Waals surface area contributed by atoms with Crippen molar-refractivity contribution >= 4 is 93.9 Å². The number of rotatable bonds is 0. The van der Waals surface area contributed by atoms with Crippen molar-refractivity contribution in [3.05, 3.63) is 156 Å². The van der Waals surface area contributed by atoms with Crippen LogP contribution < -0.4 is 21.3 Å². The summed E-state index contributed by atoms with van der Waals surface area (Å²) in [5.41, 5.74) is 1.97. The van der Waals surface area contributed by atoms with Gasteiger partial charge in [0.2, 0.25) is 0 Å². The molecule has 316 valence electrons. The number of carbonyl (C=O) groups is 4. The fourth-order valence-electron chi connectivity index (χ4n) is 6.05. The molecule has 0 saturated heterocycles. The zero-order valence-corrected chi connectivity index (χ0v) is 36.6. The van der Waals surface area contributed by atoms with Crippen LogP contribution in [0.15, 0.2) is 153 Å². The molecule has 2 aromatic heterocycles. The molecule has 3 heterocycles. The average molecular weight is 903 g/mol. The number of ether oxygens (including phenoxy) is 2. The minimum absolute atomic E-state index is 0.298. The Morgan fingerprint density at radius 2 is 0.581 bits per heavy atom. The highest BCUT2D eigenvalue weighted by molar-refractivity contribution is 8.00. The van der Waals surface area contributed by atoms with Crippen molar-refractivity contribution in [3.63, 3.8) is 0 Å². The van der Waals surface area contributed by atoms with Crippen LogP contribution in [0, 0.1) is 0 Å². The Labute approximate surface area is 376 Å². The number of amides is 4. The lowest BCUT2D eigenvalue weighted by Crippen LogP contribution is -2.17. The molecule has 0 aliphatic carbocycles. The van der Waals surface area contributed by atoms with Gasteiger partial charge in [0.05, 0.1) is 48.7 Å². The first-order chi connectivity index (χ1) is 30.4. The van der Waals surface area contributed by atoms with E-state index in [1.54, 1.807) is 60.7 Å². The average Bonchev–Trinajstić information content (AvgIpc) is 3.28. The van der Waals surface area contributed by atoms with E-state index < -0.39 is 0 Å². The van der Waals surface area contributed by atoms with Gasteiger partial charge in [-0.3, -0.25) is 19.2 Å². The summed E-state index contributed by atoms with van der Waals surface area (Å²) in [5.74, 6) is 2.33. The second kappa shape index (κ2) is 23.0. The van der Waals surface area contributed by atoms with Crippen LogP contribution in [0.25, 0.3) is 0 Å². The lowest BCUT2D eigenvalue weighted by molar-refractivity contribution is 0.101. The molecule has 0 spiro atoms. The molecule has 7 rings (SSSR count). The summed E-state index contributed by atoms with van der Waals surface area (Å²) in [6.07, 6.45) is 0. The van der Waals surface area contributed by atoms with Crippen molar-refractivity contribution in [2.24, 2.45) is 0 Å². The number of thioether (sulfide) groups is 4. The molecule has 1 aliphatic heterocycles. The van der Waals surface area contributed by atoms with Crippen LogP contribution in [0.3, 0.4) is 0 Å². The summed E-state index contributed by atoms with van der Waals surface area (Å²) in [4.78, 5) is 66.0. The van der Waals surface area contributed by atoms with E-state index in [-0.39, 0.29) is 23.6 Å². The monoisotopic (exact) mass is 902 g/mol. The summed E-state index contributed by atoms with van der Waals surface area (Å²) in [5, 5.41) is 11.5. The summed E-state index contributed by atoms with van der Waals surface area (Å²) < 4.78 is 11.9. The van der Waals surface area contributed by atoms with Gasteiger partial charge in [-0.25, -0.2) is 9.97 Å². The van der Waals surface area contributed by atoms with Crippen LogP contribution in [0.5, 0.6) is 0 Å². The Hall–Kier alpha value is -5.62. The molecular weight excluding hydrogens is 861 g/mol.